The first-order chi connectivity index (χ1) is 7.70. The van der Waals surface area contributed by atoms with Crippen molar-refractivity contribution in [3.05, 3.63) is 34.6 Å². The quantitative estimate of drug-likeness (QED) is 0.745. The molecule has 1 heterocycles. The lowest BCUT2D eigenvalue weighted by atomic mass is 9.92. The van der Waals surface area contributed by atoms with Crippen LogP contribution in [0.1, 0.15) is 23.2 Å². The van der Waals surface area contributed by atoms with Gasteiger partial charge >= 0.3 is 0 Å². The minimum atomic E-state index is -0.625. The van der Waals surface area contributed by atoms with Gasteiger partial charge < -0.3 is 4.74 Å². The van der Waals surface area contributed by atoms with Crippen LogP contribution in [-0.2, 0) is 4.74 Å². The number of carbonyl (C=O) groups is 1. The van der Waals surface area contributed by atoms with Crippen LogP contribution >= 0.6 is 11.6 Å². The van der Waals surface area contributed by atoms with E-state index < -0.39 is 5.82 Å². The highest BCUT2D eigenvalue weighted by atomic mass is 35.5. The van der Waals surface area contributed by atoms with Crippen molar-refractivity contribution in [3.63, 3.8) is 0 Å². The molecule has 0 bridgehead atoms. The summed E-state index contributed by atoms with van der Waals surface area (Å²) in [5.41, 5.74) is 0.0722. The van der Waals surface area contributed by atoms with Gasteiger partial charge in [0, 0.05) is 12.5 Å². The number of ketones is 1. The molecule has 1 aromatic carbocycles. The van der Waals surface area contributed by atoms with Crippen molar-refractivity contribution < 1.29 is 13.9 Å². The Balaban J connectivity index is 2.22. The van der Waals surface area contributed by atoms with Crippen LogP contribution in [0.3, 0.4) is 0 Å². The van der Waals surface area contributed by atoms with Gasteiger partial charge in [-0.05, 0) is 25.0 Å². The van der Waals surface area contributed by atoms with Gasteiger partial charge in [0.2, 0.25) is 0 Å². The Morgan fingerprint density at radius 3 is 3.00 bits per heavy atom. The van der Waals surface area contributed by atoms with Gasteiger partial charge in [-0.3, -0.25) is 4.79 Å². The molecule has 1 saturated heterocycles. The topological polar surface area (TPSA) is 26.3 Å². The van der Waals surface area contributed by atoms with Crippen molar-refractivity contribution >= 4 is 17.4 Å². The van der Waals surface area contributed by atoms with Crippen LogP contribution in [0.25, 0.3) is 0 Å². The van der Waals surface area contributed by atoms with Gasteiger partial charge in [0.25, 0.3) is 0 Å². The van der Waals surface area contributed by atoms with Gasteiger partial charge in [-0.15, -0.1) is 0 Å². The van der Waals surface area contributed by atoms with Gasteiger partial charge in [-0.1, -0.05) is 17.7 Å². The number of carbonyl (C=O) groups excluding carboxylic acids is 1. The van der Waals surface area contributed by atoms with Crippen molar-refractivity contribution in [1.29, 1.82) is 0 Å². The number of ether oxygens (including phenoxy) is 1. The van der Waals surface area contributed by atoms with Crippen molar-refractivity contribution in [2.75, 3.05) is 13.2 Å². The van der Waals surface area contributed by atoms with Crippen LogP contribution < -0.4 is 0 Å². The first kappa shape index (κ1) is 11.6. The summed E-state index contributed by atoms with van der Waals surface area (Å²) >= 11 is 5.64. The van der Waals surface area contributed by atoms with E-state index in [0.29, 0.717) is 13.2 Å². The van der Waals surface area contributed by atoms with E-state index in [-0.39, 0.29) is 22.3 Å². The fourth-order valence-electron chi connectivity index (χ4n) is 1.86. The standard InChI is InChI=1S/C12H12ClFO2/c13-10-5-1-4-9(11(10)14)12(15)8-3-2-6-16-7-8/h1,4-5,8H,2-3,6-7H2. The Kier molecular flexibility index (Phi) is 3.56. The molecule has 0 spiro atoms. The third-order valence-corrected chi connectivity index (χ3v) is 3.04. The Morgan fingerprint density at radius 2 is 2.31 bits per heavy atom. The second-order valence-corrected chi connectivity index (χ2v) is 4.29. The molecule has 4 heteroatoms. The summed E-state index contributed by atoms with van der Waals surface area (Å²) in [5, 5.41) is -0.0115. The highest BCUT2D eigenvalue weighted by molar-refractivity contribution is 6.31. The number of halogens is 2. The van der Waals surface area contributed by atoms with E-state index in [1.807, 2.05) is 0 Å². The Labute approximate surface area is 98.4 Å². The largest absolute Gasteiger partial charge is 0.381 e. The highest BCUT2D eigenvalue weighted by Gasteiger charge is 2.25. The van der Waals surface area contributed by atoms with Gasteiger partial charge in [0.1, 0.15) is 0 Å². The number of rotatable bonds is 2. The molecule has 1 atom stereocenters. The number of hydrogen-bond acceptors (Lipinski definition) is 2. The third-order valence-electron chi connectivity index (χ3n) is 2.75. The van der Waals surface area contributed by atoms with Crippen molar-refractivity contribution in [3.8, 4) is 0 Å². The van der Waals surface area contributed by atoms with Crippen LogP contribution in [0.5, 0.6) is 0 Å². The van der Waals surface area contributed by atoms with E-state index in [0.717, 1.165) is 12.8 Å². The summed E-state index contributed by atoms with van der Waals surface area (Å²) in [5.74, 6) is -1.07. The molecule has 0 N–H and O–H groups in total. The molecule has 1 aromatic rings. The molecule has 1 fully saturated rings. The van der Waals surface area contributed by atoms with Crippen LogP contribution in [0.4, 0.5) is 4.39 Å². The number of benzene rings is 1. The maximum Gasteiger partial charge on any atom is 0.171 e. The van der Waals surface area contributed by atoms with E-state index in [4.69, 9.17) is 16.3 Å². The molecule has 86 valence electrons. The summed E-state index contributed by atoms with van der Waals surface area (Å²) < 4.78 is 18.8. The lowest BCUT2D eigenvalue weighted by Gasteiger charge is -2.21. The van der Waals surface area contributed by atoms with Gasteiger partial charge in [-0.2, -0.15) is 0 Å². The Hall–Kier alpha value is -0.930. The Morgan fingerprint density at radius 1 is 1.50 bits per heavy atom. The summed E-state index contributed by atoms with van der Waals surface area (Å²) in [6, 6.07) is 4.49. The molecule has 1 unspecified atom stereocenters. The van der Waals surface area contributed by atoms with Crippen LogP contribution in [0.15, 0.2) is 18.2 Å². The van der Waals surface area contributed by atoms with Gasteiger partial charge in [0.05, 0.1) is 17.2 Å². The van der Waals surface area contributed by atoms with E-state index in [1.54, 1.807) is 6.07 Å². The second kappa shape index (κ2) is 4.93. The minimum absolute atomic E-state index is 0.0115. The maximum absolute atomic E-state index is 13.6. The molecule has 0 saturated carbocycles. The molecule has 0 amide bonds. The molecule has 0 aliphatic carbocycles. The summed E-state index contributed by atoms with van der Waals surface area (Å²) in [4.78, 5) is 12.0. The van der Waals surface area contributed by atoms with Crippen LogP contribution in [0.2, 0.25) is 5.02 Å². The summed E-state index contributed by atoms with van der Waals surface area (Å²) in [6.45, 7) is 1.06. The zero-order valence-electron chi connectivity index (χ0n) is 8.71. The molecule has 2 nitrogen and oxygen atoms in total. The molecule has 1 aliphatic rings. The van der Waals surface area contributed by atoms with Crippen molar-refractivity contribution in [2.24, 2.45) is 5.92 Å². The van der Waals surface area contributed by atoms with Gasteiger partial charge in [0.15, 0.2) is 11.6 Å². The van der Waals surface area contributed by atoms with E-state index in [1.165, 1.54) is 12.1 Å². The summed E-state index contributed by atoms with van der Waals surface area (Å²) in [7, 11) is 0. The lowest BCUT2D eigenvalue weighted by molar-refractivity contribution is 0.0459. The number of Topliss-reactive ketones (excluding diaryl/α,β-unsaturated/α-hetero) is 1. The normalized spacial score (nSPS) is 20.8. The van der Waals surface area contributed by atoms with E-state index in [9.17, 15) is 9.18 Å². The highest BCUT2D eigenvalue weighted by Crippen LogP contribution is 2.24. The Bertz CT molecular complexity index is 400. The first-order valence-corrected chi connectivity index (χ1v) is 5.64. The fourth-order valence-corrected chi connectivity index (χ4v) is 2.04. The molecular formula is C12H12ClFO2. The van der Waals surface area contributed by atoms with E-state index >= 15 is 0 Å². The molecule has 16 heavy (non-hydrogen) atoms. The predicted molar refractivity (Wildman–Crippen MR) is 59.3 cm³/mol. The summed E-state index contributed by atoms with van der Waals surface area (Å²) in [6.07, 6.45) is 1.60. The van der Waals surface area contributed by atoms with E-state index in [2.05, 4.69) is 0 Å². The lowest BCUT2D eigenvalue weighted by Crippen LogP contribution is -2.26. The molecule has 2 rings (SSSR count). The second-order valence-electron chi connectivity index (χ2n) is 3.88. The van der Waals surface area contributed by atoms with Crippen LogP contribution in [-0.4, -0.2) is 19.0 Å². The molecule has 0 aromatic heterocycles. The minimum Gasteiger partial charge on any atom is -0.381 e. The first-order valence-electron chi connectivity index (χ1n) is 5.26. The molecule has 1 aliphatic heterocycles. The number of hydrogen-bond donors (Lipinski definition) is 0. The zero-order valence-corrected chi connectivity index (χ0v) is 9.47. The molecular weight excluding hydrogens is 231 g/mol. The SMILES string of the molecule is O=C(c1cccc(Cl)c1F)C1CCCOC1. The fraction of sp³-hybridized carbons (Fsp3) is 0.417. The maximum atomic E-state index is 13.6. The average Bonchev–Trinajstić information content (AvgIpc) is 2.33. The zero-order chi connectivity index (χ0) is 11.5. The van der Waals surface area contributed by atoms with Gasteiger partial charge in [-0.25, -0.2) is 4.39 Å². The van der Waals surface area contributed by atoms with Crippen LogP contribution in [0, 0.1) is 11.7 Å². The van der Waals surface area contributed by atoms with Crippen molar-refractivity contribution in [1.82, 2.24) is 0 Å². The monoisotopic (exact) mass is 242 g/mol. The van der Waals surface area contributed by atoms with Crippen molar-refractivity contribution in [2.45, 2.75) is 12.8 Å². The third kappa shape index (κ3) is 2.25. The smallest absolute Gasteiger partial charge is 0.171 e. The molecule has 0 radical (unpaired) electrons. The average molecular weight is 243 g/mol. The predicted octanol–water partition coefficient (Wildman–Crippen LogP) is 3.09.